The van der Waals surface area contributed by atoms with Crippen LogP contribution in [0.15, 0.2) is 47.8 Å². The largest absolute Gasteiger partial charge is 0.493 e. The Morgan fingerprint density at radius 2 is 1.61 bits per heavy atom. The van der Waals surface area contributed by atoms with E-state index in [0.717, 1.165) is 16.5 Å². The number of carbonyl (C=O) groups excluding carboxylic acids is 1. The van der Waals surface area contributed by atoms with Gasteiger partial charge < -0.3 is 23.6 Å². The van der Waals surface area contributed by atoms with Crippen LogP contribution in [0.4, 0.5) is 0 Å². The SMILES string of the molecule is COc1cc(/C(=N/OC(C)=O)c2ccc3c(ccn3C)c2)cc(OC)c1OC. The van der Waals surface area contributed by atoms with Crippen LogP contribution in [0.5, 0.6) is 17.2 Å². The maximum absolute atomic E-state index is 11.4. The van der Waals surface area contributed by atoms with Gasteiger partial charge in [0.15, 0.2) is 11.5 Å². The number of fused-ring (bicyclic) bond motifs is 1. The Balaban J connectivity index is 2.19. The summed E-state index contributed by atoms with van der Waals surface area (Å²) in [6.07, 6.45) is 1.98. The molecule has 0 bridgehead atoms. The van der Waals surface area contributed by atoms with Crippen molar-refractivity contribution in [2.45, 2.75) is 6.92 Å². The number of hydrogen-bond donors (Lipinski definition) is 0. The lowest BCUT2D eigenvalue weighted by Crippen LogP contribution is -2.08. The summed E-state index contributed by atoms with van der Waals surface area (Å²) in [5, 5.41) is 5.14. The predicted molar refractivity (Wildman–Crippen MR) is 106 cm³/mol. The third kappa shape index (κ3) is 3.64. The van der Waals surface area contributed by atoms with E-state index in [-0.39, 0.29) is 0 Å². The zero-order valence-corrected chi connectivity index (χ0v) is 16.5. The lowest BCUT2D eigenvalue weighted by Gasteiger charge is -2.15. The molecule has 0 fully saturated rings. The number of nitrogens with zero attached hydrogens (tertiary/aromatic N) is 2. The standard InChI is InChI=1S/C21H22N2O5/c1-13(24)28-22-20(15-6-7-17-14(10-15)8-9-23(17)2)16-11-18(25-3)21(27-5)19(12-16)26-4/h6-12H,1-5H3/b22-20+. The molecule has 0 N–H and O–H groups in total. The normalized spacial score (nSPS) is 11.4. The molecule has 0 unspecified atom stereocenters. The van der Waals surface area contributed by atoms with Gasteiger partial charge in [0.05, 0.1) is 21.3 Å². The van der Waals surface area contributed by atoms with E-state index in [9.17, 15) is 4.79 Å². The van der Waals surface area contributed by atoms with Crippen molar-refractivity contribution in [2.75, 3.05) is 21.3 Å². The van der Waals surface area contributed by atoms with E-state index >= 15 is 0 Å². The quantitative estimate of drug-likeness (QED) is 0.371. The molecule has 0 saturated carbocycles. The van der Waals surface area contributed by atoms with E-state index in [4.69, 9.17) is 19.0 Å². The molecule has 1 heterocycles. The van der Waals surface area contributed by atoms with Gasteiger partial charge in [-0.3, -0.25) is 0 Å². The van der Waals surface area contributed by atoms with Gasteiger partial charge in [-0.1, -0.05) is 11.2 Å². The molecule has 0 aliphatic heterocycles. The van der Waals surface area contributed by atoms with Gasteiger partial charge in [-0.15, -0.1) is 0 Å². The summed E-state index contributed by atoms with van der Waals surface area (Å²) in [5.41, 5.74) is 3.00. The molecule has 0 spiro atoms. The van der Waals surface area contributed by atoms with Crippen LogP contribution in [0.2, 0.25) is 0 Å². The van der Waals surface area contributed by atoms with Crippen LogP contribution in [0.1, 0.15) is 18.1 Å². The lowest BCUT2D eigenvalue weighted by atomic mass is 10.00. The number of aromatic nitrogens is 1. The Kier molecular flexibility index (Phi) is 5.54. The number of ether oxygens (including phenoxy) is 3. The maximum atomic E-state index is 11.4. The van der Waals surface area contributed by atoms with Gasteiger partial charge in [0.1, 0.15) is 5.71 Å². The smallest absolute Gasteiger partial charge is 0.332 e. The van der Waals surface area contributed by atoms with Gasteiger partial charge in [0.25, 0.3) is 0 Å². The molecule has 146 valence electrons. The number of hydrogen-bond acceptors (Lipinski definition) is 6. The second-order valence-corrected chi connectivity index (χ2v) is 6.14. The number of aryl methyl sites for hydroxylation is 1. The molecule has 0 amide bonds. The van der Waals surface area contributed by atoms with Crippen molar-refractivity contribution in [2.24, 2.45) is 12.2 Å². The average molecular weight is 382 g/mol. The Morgan fingerprint density at radius 1 is 0.929 bits per heavy atom. The highest BCUT2D eigenvalue weighted by atomic mass is 16.7. The minimum atomic E-state index is -0.509. The highest BCUT2D eigenvalue weighted by Gasteiger charge is 2.18. The van der Waals surface area contributed by atoms with Crippen molar-refractivity contribution in [1.29, 1.82) is 0 Å². The van der Waals surface area contributed by atoms with E-state index in [2.05, 4.69) is 5.16 Å². The van der Waals surface area contributed by atoms with E-state index < -0.39 is 5.97 Å². The van der Waals surface area contributed by atoms with Crippen molar-refractivity contribution in [3.63, 3.8) is 0 Å². The number of carbonyl (C=O) groups is 1. The summed E-state index contributed by atoms with van der Waals surface area (Å²) in [5.74, 6) is 0.922. The molecule has 7 nitrogen and oxygen atoms in total. The molecule has 1 aromatic heterocycles. The first-order chi connectivity index (χ1) is 13.5. The van der Waals surface area contributed by atoms with Crippen molar-refractivity contribution in [3.05, 3.63) is 53.7 Å². The molecule has 0 saturated heterocycles. The number of rotatable bonds is 6. The summed E-state index contributed by atoms with van der Waals surface area (Å²) in [4.78, 5) is 16.3. The average Bonchev–Trinajstić information content (AvgIpc) is 3.07. The van der Waals surface area contributed by atoms with Gasteiger partial charge in [-0.05, 0) is 30.3 Å². The van der Waals surface area contributed by atoms with Crippen LogP contribution < -0.4 is 14.2 Å². The minimum absolute atomic E-state index is 0.471. The summed E-state index contributed by atoms with van der Waals surface area (Å²) >= 11 is 0. The lowest BCUT2D eigenvalue weighted by molar-refractivity contribution is -0.140. The van der Waals surface area contributed by atoms with Gasteiger partial charge >= 0.3 is 5.97 Å². The van der Waals surface area contributed by atoms with Crippen molar-refractivity contribution in [1.82, 2.24) is 4.57 Å². The number of methoxy groups -OCH3 is 3. The van der Waals surface area contributed by atoms with Crippen LogP contribution in [0, 0.1) is 0 Å². The summed E-state index contributed by atoms with van der Waals surface area (Å²) in [6, 6.07) is 11.4. The van der Waals surface area contributed by atoms with E-state index in [1.165, 1.54) is 14.0 Å². The first-order valence-electron chi connectivity index (χ1n) is 8.60. The Hall–Kier alpha value is -3.48. The Labute approximate surface area is 163 Å². The first-order valence-corrected chi connectivity index (χ1v) is 8.60. The fourth-order valence-corrected chi connectivity index (χ4v) is 3.03. The maximum Gasteiger partial charge on any atom is 0.332 e. The molecular weight excluding hydrogens is 360 g/mol. The van der Waals surface area contributed by atoms with E-state index in [1.54, 1.807) is 26.4 Å². The molecule has 0 aliphatic rings. The Bertz CT molecular complexity index is 1030. The van der Waals surface area contributed by atoms with Gasteiger partial charge in [0, 0.05) is 42.2 Å². The topological polar surface area (TPSA) is 71.3 Å². The molecule has 0 radical (unpaired) electrons. The fourth-order valence-electron chi connectivity index (χ4n) is 3.03. The molecule has 0 aliphatic carbocycles. The van der Waals surface area contributed by atoms with Crippen LogP contribution in [0.25, 0.3) is 10.9 Å². The van der Waals surface area contributed by atoms with Crippen LogP contribution >= 0.6 is 0 Å². The number of oxime groups is 1. The zero-order valence-electron chi connectivity index (χ0n) is 16.5. The monoisotopic (exact) mass is 382 g/mol. The molecule has 3 aromatic rings. The summed E-state index contributed by atoms with van der Waals surface area (Å²) < 4.78 is 18.3. The molecule has 3 rings (SSSR count). The van der Waals surface area contributed by atoms with Crippen LogP contribution in [-0.2, 0) is 16.7 Å². The third-order valence-electron chi connectivity index (χ3n) is 4.36. The minimum Gasteiger partial charge on any atom is -0.493 e. The predicted octanol–water partition coefficient (Wildman–Crippen LogP) is 3.52. The highest BCUT2D eigenvalue weighted by molar-refractivity contribution is 6.14. The van der Waals surface area contributed by atoms with Gasteiger partial charge in [0.2, 0.25) is 5.75 Å². The van der Waals surface area contributed by atoms with Crippen molar-refractivity contribution < 1.29 is 23.8 Å². The van der Waals surface area contributed by atoms with Crippen molar-refractivity contribution >= 4 is 22.6 Å². The van der Waals surface area contributed by atoms with Crippen LogP contribution in [-0.4, -0.2) is 37.6 Å². The molecular formula is C21H22N2O5. The fraction of sp³-hybridized carbons (Fsp3) is 0.238. The second-order valence-electron chi connectivity index (χ2n) is 6.14. The first kappa shape index (κ1) is 19.3. The van der Waals surface area contributed by atoms with Gasteiger partial charge in [-0.25, -0.2) is 4.79 Å². The molecule has 2 aromatic carbocycles. The highest BCUT2D eigenvalue weighted by Crippen LogP contribution is 2.39. The van der Waals surface area contributed by atoms with E-state index in [1.807, 2.05) is 42.1 Å². The van der Waals surface area contributed by atoms with Gasteiger partial charge in [-0.2, -0.15) is 0 Å². The summed E-state index contributed by atoms with van der Waals surface area (Å²) in [7, 11) is 6.60. The third-order valence-corrected chi connectivity index (χ3v) is 4.36. The molecule has 28 heavy (non-hydrogen) atoms. The van der Waals surface area contributed by atoms with Crippen LogP contribution in [0.3, 0.4) is 0 Å². The van der Waals surface area contributed by atoms with E-state index in [0.29, 0.717) is 28.5 Å². The number of benzene rings is 2. The summed E-state index contributed by atoms with van der Waals surface area (Å²) in [6.45, 7) is 1.30. The van der Waals surface area contributed by atoms with Crippen molar-refractivity contribution in [3.8, 4) is 17.2 Å². The molecule has 0 atom stereocenters. The Morgan fingerprint density at radius 3 is 2.18 bits per heavy atom. The molecule has 7 heteroatoms. The second kappa shape index (κ2) is 8.04. The zero-order chi connectivity index (χ0) is 20.3.